The monoisotopic (exact) mass is 333 g/mol. The minimum Gasteiger partial charge on any atom is -0.466 e. The highest BCUT2D eigenvalue weighted by atomic mass is 79.9. The van der Waals surface area contributed by atoms with E-state index >= 15 is 0 Å². The summed E-state index contributed by atoms with van der Waals surface area (Å²) in [5.41, 5.74) is 0.321. The first-order valence-corrected chi connectivity index (χ1v) is 8.45. The van der Waals surface area contributed by atoms with Gasteiger partial charge in [0.25, 0.3) is 0 Å². The van der Waals surface area contributed by atoms with Crippen molar-refractivity contribution >= 4 is 21.9 Å². The number of alkyl halides is 1. The van der Waals surface area contributed by atoms with Gasteiger partial charge in [-0.2, -0.15) is 0 Å². The van der Waals surface area contributed by atoms with E-state index in [-0.39, 0.29) is 11.9 Å². The number of hydrogen-bond acceptors (Lipinski definition) is 3. The van der Waals surface area contributed by atoms with Crippen molar-refractivity contribution in [2.45, 2.75) is 40.5 Å². The molecule has 1 heterocycles. The van der Waals surface area contributed by atoms with Gasteiger partial charge in [0, 0.05) is 11.9 Å². The second kappa shape index (κ2) is 7.63. The molecule has 1 atom stereocenters. The van der Waals surface area contributed by atoms with Crippen LogP contribution in [0.15, 0.2) is 0 Å². The Kier molecular flexibility index (Phi) is 6.81. The third kappa shape index (κ3) is 5.42. The van der Waals surface area contributed by atoms with Gasteiger partial charge in [0.15, 0.2) is 0 Å². The van der Waals surface area contributed by atoms with Gasteiger partial charge in [-0.1, -0.05) is 36.7 Å². The van der Waals surface area contributed by atoms with Crippen molar-refractivity contribution in [2.24, 2.45) is 17.3 Å². The molecular formula is C15H28BrNO2. The molecule has 0 bridgehead atoms. The quantitative estimate of drug-likeness (QED) is 0.571. The van der Waals surface area contributed by atoms with E-state index in [0.29, 0.717) is 17.9 Å². The summed E-state index contributed by atoms with van der Waals surface area (Å²) in [5, 5.41) is 1.04. The smallest absolute Gasteiger partial charge is 0.309 e. The lowest BCUT2D eigenvalue weighted by Crippen LogP contribution is -2.42. The van der Waals surface area contributed by atoms with Crippen LogP contribution in [-0.2, 0) is 9.53 Å². The fourth-order valence-electron chi connectivity index (χ4n) is 2.48. The molecule has 1 saturated heterocycles. The maximum absolute atomic E-state index is 11.7. The summed E-state index contributed by atoms with van der Waals surface area (Å²) >= 11 is 3.63. The fraction of sp³-hybridized carbons (Fsp3) is 0.933. The summed E-state index contributed by atoms with van der Waals surface area (Å²) in [7, 11) is 0. The zero-order valence-corrected chi connectivity index (χ0v) is 14.3. The topological polar surface area (TPSA) is 29.5 Å². The average Bonchev–Trinajstić information content (AvgIpc) is 2.35. The van der Waals surface area contributed by atoms with E-state index in [1.54, 1.807) is 0 Å². The molecule has 0 saturated carbocycles. The van der Waals surface area contributed by atoms with Gasteiger partial charge in [0.05, 0.1) is 12.5 Å². The maximum atomic E-state index is 11.7. The predicted molar refractivity (Wildman–Crippen MR) is 82.5 cm³/mol. The third-order valence-corrected chi connectivity index (χ3v) is 4.88. The molecule has 1 rings (SSSR count). The lowest BCUT2D eigenvalue weighted by molar-refractivity contribution is -0.149. The van der Waals surface area contributed by atoms with Crippen LogP contribution < -0.4 is 0 Å². The van der Waals surface area contributed by atoms with Gasteiger partial charge in [0.1, 0.15) is 0 Å². The van der Waals surface area contributed by atoms with Crippen molar-refractivity contribution in [1.82, 2.24) is 4.90 Å². The molecule has 1 unspecified atom stereocenters. The van der Waals surface area contributed by atoms with Crippen molar-refractivity contribution in [3.8, 4) is 0 Å². The van der Waals surface area contributed by atoms with Gasteiger partial charge < -0.3 is 9.64 Å². The van der Waals surface area contributed by atoms with E-state index in [1.165, 1.54) is 0 Å². The summed E-state index contributed by atoms with van der Waals surface area (Å²) in [6.45, 7) is 12.4. The highest BCUT2D eigenvalue weighted by Gasteiger charge is 2.30. The van der Waals surface area contributed by atoms with Crippen molar-refractivity contribution in [1.29, 1.82) is 0 Å². The molecule has 0 aromatic carbocycles. The van der Waals surface area contributed by atoms with E-state index < -0.39 is 0 Å². The fourth-order valence-corrected chi connectivity index (χ4v) is 3.65. The standard InChI is InChI=1S/C15H28BrNO2/c1-5-19-14(18)12-6-8-17(9-7-12)11-13(10-16)15(2,3)4/h12-13H,5-11H2,1-4H3. The van der Waals surface area contributed by atoms with Crippen LogP contribution >= 0.6 is 15.9 Å². The normalized spacial score (nSPS) is 20.3. The highest BCUT2D eigenvalue weighted by Crippen LogP contribution is 2.29. The summed E-state index contributed by atoms with van der Waals surface area (Å²) in [5.74, 6) is 0.759. The zero-order chi connectivity index (χ0) is 14.5. The molecule has 19 heavy (non-hydrogen) atoms. The van der Waals surface area contributed by atoms with Gasteiger partial charge in [-0.3, -0.25) is 4.79 Å². The molecule has 1 fully saturated rings. The minimum atomic E-state index is -0.00462. The SMILES string of the molecule is CCOC(=O)C1CCN(CC(CBr)C(C)(C)C)CC1. The Bertz CT molecular complexity index is 280. The molecule has 0 aromatic rings. The summed E-state index contributed by atoms with van der Waals surface area (Å²) < 4.78 is 5.11. The molecule has 0 aliphatic carbocycles. The third-order valence-electron chi connectivity index (χ3n) is 4.10. The summed E-state index contributed by atoms with van der Waals surface area (Å²) in [4.78, 5) is 14.2. The number of likely N-dealkylation sites (tertiary alicyclic amines) is 1. The summed E-state index contributed by atoms with van der Waals surface area (Å²) in [6, 6.07) is 0. The molecule has 1 aliphatic heterocycles. The number of esters is 1. The Hall–Kier alpha value is -0.0900. The first-order valence-electron chi connectivity index (χ1n) is 7.33. The van der Waals surface area contributed by atoms with Gasteiger partial charge >= 0.3 is 5.97 Å². The van der Waals surface area contributed by atoms with E-state index in [1.807, 2.05) is 6.92 Å². The maximum Gasteiger partial charge on any atom is 0.309 e. The van der Waals surface area contributed by atoms with Crippen LogP contribution in [0.1, 0.15) is 40.5 Å². The Morgan fingerprint density at radius 1 is 1.37 bits per heavy atom. The van der Waals surface area contributed by atoms with Gasteiger partial charge in [-0.15, -0.1) is 0 Å². The van der Waals surface area contributed by atoms with Gasteiger partial charge in [0.2, 0.25) is 0 Å². The van der Waals surface area contributed by atoms with Crippen LogP contribution in [0.4, 0.5) is 0 Å². The number of piperidine rings is 1. The first-order chi connectivity index (χ1) is 8.88. The molecule has 112 valence electrons. The van der Waals surface area contributed by atoms with E-state index in [9.17, 15) is 4.79 Å². The van der Waals surface area contributed by atoms with Crippen molar-refractivity contribution in [3.63, 3.8) is 0 Å². The number of carbonyl (C=O) groups is 1. The number of ether oxygens (including phenoxy) is 1. The highest BCUT2D eigenvalue weighted by molar-refractivity contribution is 9.09. The van der Waals surface area contributed by atoms with E-state index in [2.05, 4.69) is 41.6 Å². The predicted octanol–water partition coefficient (Wildman–Crippen LogP) is 3.32. The largest absolute Gasteiger partial charge is 0.466 e. The van der Waals surface area contributed by atoms with Crippen LogP contribution in [0.5, 0.6) is 0 Å². The lowest BCUT2D eigenvalue weighted by Gasteiger charge is -2.37. The molecule has 0 aromatic heterocycles. The van der Waals surface area contributed by atoms with E-state index in [4.69, 9.17) is 4.74 Å². The Morgan fingerprint density at radius 2 is 1.95 bits per heavy atom. The second-order valence-electron chi connectivity index (χ2n) is 6.54. The number of nitrogens with zero attached hydrogens (tertiary/aromatic N) is 1. The van der Waals surface area contributed by atoms with Crippen LogP contribution in [0.25, 0.3) is 0 Å². The Morgan fingerprint density at radius 3 is 2.37 bits per heavy atom. The van der Waals surface area contributed by atoms with Gasteiger partial charge in [-0.25, -0.2) is 0 Å². The molecule has 0 N–H and O–H groups in total. The van der Waals surface area contributed by atoms with Gasteiger partial charge in [-0.05, 0) is 44.2 Å². The van der Waals surface area contributed by atoms with Crippen LogP contribution in [0.2, 0.25) is 0 Å². The van der Waals surface area contributed by atoms with Crippen molar-refractivity contribution in [2.75, 3.05) is 31.6 Å². The minimum absolute atomic E-state index is 0.00462. The molecule has 0 amide bonds. The Balaban J connectivity index is 2.39. The second-order valence-corrected chi connectivity index (χ2v) is 7.19. The number of carbonyl (C=O) groups excluding carboxylic acids is 1. The lowest BCUT2D eigenvalue weighted by atomic mass is 9.81. The van der Waals surface area contributed by atoms with Crippen LogP contribution in [0.3, 0.4) is 0 Å². The van der Waals surface area contributed by atoms with Crippen molar-refractivity contribution in [3.05, 3.63) is 0 Å². The molecule has 4 heteroatoms. The molecule has 1 aliphatic rings. The first kappa shape index (κ1) is 17.0. The van der Waals surface area contributed by atoms with Crippen molar-refractivity contribution < 1.29 is 9.53 Å². The molecule has 3 nitrogen and oxygen atoms in total. The summed E-state index contributed by atoms with van der Waals surface area (Å²) in [6.07, 6.45) is 1.88. The van der Waals surface area contributed by atoms with E-state index in [0.717, 1.165) is 37.8 Å². The Labute approximate surface area is 126 Å². The number of rotatable bonds is 5. The number of halogens is 1. The zero-order valence-electron chi connectivity index (χ0n) is 12.7. The molecule has 0 radical (unpaired) electrons. The van der Waals surface area contributed by atoms with Crippen LogP contribution in [-0.4, -0.2) is 42.4 Å². The molecular weight excluding hydrogens is 306 g/mol. The van der Waals surface area contributed by atoms with Crippen LogP contribution in [0, 0.1) is 17.3 Å². The number of hydrogen-bond donors (Lipinski definition) is 0. The molecule has 0 spiro atoms. The average molecular weight is 334 g/mol.